The fraction of sp³-hybridized carbons (Fsp3) is 0.318. The lowest BCUT2D eigenvalue weighted by atomic mass is 9.74. The number of nitrogens with one attached hydrogen (secondary N) is 1. The summed E-state index contributed by atoms with van der Waals surface area (Å²) >= 11 is 12.1. The average molecular weight is 418 g/mol. The van der Waals surface area contributed by atoms with E-state index in [0.29, 0.717) is 41.1 Å². The number of carbonyl (C=O) groups is 1. The maximum atomic E-state index is 12.9. The second kappa shape index (κ2) is 7.78. The van der Waals surface area contributed by atoms with Crippen LogP contribution in [0.4, 0.5) is 0 Å². The smallest absolute Gasteiger partial charge is 0.287 e. The number of hydrogen-bond acceptors (Lipinski definition) is 3. The fourth-order valence-corrected chi connectivity index (χ4v) is 4.17. The summed E-state index contributed by atoms with van der Waals surface area (Å²) < 4.78 is 11.4. The Morgan fingerprint density at radius 3 is 2.46 bits per heavy atom. The molecule has 6 heteroatoms. The summed E-state index contributed by atoms with van der Waals surface area (Å²) in [6.07, 6.45) is 1.67. The number of aryl methyl sites for hydroxylation is 1. The van der Waals surface area contributed by atoms with E-state index in [2.05, 4.69) is 5.32 Å². The molecule has 0 saturated carbocycles. The van der Waals surface area contributed by atoms with Gasteiger partial charge >= 0.3 is 0 Å². The molecule has 0 radical (unpaired) electrons. The van der Waals surface area contributed by atoms with E-state index < -0.39 is 0 Å². The monoisotopic (exact) mass is 417 g/mol. The second-order valence-corrected chi connectivity index (χ2v) is 8.15. The van der Waals surface area contributed by atoms with Gasteiger partial charge in [0.15, 0.2) is 5.76 Å². The summed E-state index contributed by atoms with van der Waals surface area (Å²) in [7, 11) is 0. The molecule has 0 atom stereocenters. The van der Waals surface area contributed by atoms with E-state index in [0.717, 1.165) is 29.4 Å². The highest BCUT2D eigenvalue weighted by molar-refractivity contribution is 6.31. The van der Waals surface area contributed by atoms with Gasteiger partial charge in [0, 0.05) is 46.2 Å². The van der Waals surface area contributed by atoms with Crippen molar-refractivity contribution in [1.29, 1.82) is 0 Å². The van der Waals surface area contributed by atoms with Crippen molar-refractivity contribution >= 4 is 40.1 Å². The zero-order chi connectivity index (χ0) is 19.7. The Kier molecular flexibility index (Phi) is 5.37. The average Bonchev–Trinajstić information content (AvgIpc) is 3.03. The molecule has 4 rings (SSSR count). The molecular formula is C22H21Cl2NO3. The van der Waals surface area contributed by atoms with Gasteiger partial charge < -0.3 is 14.5 Å². The van der Waals surface area contributed by atoms with Gasteiger partial charge in [0.2, 0.25) is 0 Å². The maximum absolute atomic E-state index is 12.9. The minimum Gasteiger partial charge on any atom is -0.451 e. The third kappa shape index (κ3) is 3.64. The van der Waals surface area contributed by atoms with Crippen LogP contribution in [-0.4, -0.2) is 25.7 Å². The predicted octanol–water partition coefficient (Wildman–Crippen LogP) is 5.53. The number of rotatable bonds is 4. The van der Waals surface area contributed by atoms with E-state index in [9.17, 15) is 4.79 Å². The molecule has 2 heterocycles. The van der Waals surface area contributed by atoms with Gasteiger partial charge in [-0.05, 0) is 55.7 Å². The van der Waals surface area contributed by atoms with Gasteiger partial charge in [-0.3, -0.25) is 4.79 Å². The molecule has 0 spiro atoms. The molecule has 1 aliphatic heterocycles. The van der Waals surface area contributed by atoms with Crippen molar-refractivity contribution in [3.8, 4) is 0 Å². The first-order chi connectivity index (χ1) is 13.5. The minimum atomic E-state index is -0.218. The van der Waals surface area contributed by atoms with Gasteiger partial charge in [-0.25, -0.2) is 0 Å². The molecule has 1 aromatic heterocycles. The predicted molar refractivity (Wildman–Crippen MR) is 111 cm³/mol. The summed E-state index contributed by atoms with van der Waals surface area (Å²) in [5, 5.41) is 5.26. The normalized spacial score (nSPS) is 16.2. The fourth-order valence-electron chi connectivity index (χ4n) is 3.87. The molecule has 1 saturated heterocycles. The Morgan fingerprint density at radius 2 is 1.75 bits per heavy atom. The Hall–Kier alpha value is -2.01. The summed E-state index contributed by atoms with van der Waals surface area (Å²) in [6, 6.07) is 13.2. The number of halogens is 2. The van der Waals surface area contributed by atoms with Gasteiger partial charge in [-0.2, -0.15) is 0 Å². The molecule has 1 N–H and O–H groups in total. The lowest BCUT2D eigenvalue weighted by Gasteiger charge is -2.38. The lowest BCUT2D eigenvalue weighted by molar-refractivity contribution is 0.0484. The zero-order valence-electron chi connectivity index (χ0n) is 15.6. The Balaban J connectivity index is 1.58. The van der Waals surface area contributed by atoms with E-state index in [1.165, 1.54) is 0 Å². The van der Waals surface area contributed by atoms with E-state index in [-0.39, 0.29) is 11.3 Å². The van der Waals surface area contributed by atoms with Crippen molar-refractivity contribution in [2.24, 2.45) is 0 Å². The Labute approximate surface area is 173 Å². The standard InChI is InChI=1S/C22H21Cl2NO3/c1-14-18-12-17(24)6-7-19(18)28-20(14)21(26)25-13-22(8-10-27-11-9-22)15-2-4-16(23)5-3-15/h2-7,12H,8-11,13H2,1H3,(H,25,26). The van der Waals surface area contributed by atoms with Gasteiger partial charge in [0.05, 0.1) is 0 Å². The molecule has 2 aromatic carbocycles. The summed E-state index contributed by atoms with van der Waals surface area (Å²) in [6.45, 7) is 3.72. The SMILES string of the molecule is Cc1c(C(=O)NCC2(c3ccc(Cl)cc3)CCOCC2)oc2ccc(Cl)cc12. The molecule has 0 bridgehead atoms. The van der Waals surface area contributed by atoms with Crippen molar-refractivity contribution in [3.63, 3.8) is 0 Å². The van der Waals surface area contributed by atoms with Crippen LogP contribution < -0.4 is 5.32 Å². The highest BCUT2D eigenvalue weighted by atomic mass is 35.5. The molecule has 0 aliphatic carbocycles. The van der Waals surface area contributed by atoms with Gasteiger partial charge in [0.25, 0.3) is 5.91 Å². The van der Waals surface area contributed by atoms with Gasteiger partial charge in [-0.15, -0.1) is 0 Å². The van der Waals surface area contributed by atoms with E-state index in [4.69, 9.17) is 32.4 Å². The van der Waals surface area contributed by atoms with Crippen LogP contribution in [0.2, 0.25) is 10.0 Å². The van der Waals surface area contributed by atoms with Crippen LogP contribution >= 0.6 is 23.2 Å². The second-order valence-electron chi connectivity index (χ2n) is 7.28. The molecule has 1 fully saturated rings. The van der Waals surface area contributed by atoms with Crippen molar-refractivity contribution in [2.75, 3.05) is 19.8 Å². The van der Waals surface area contributed by atoms with E-state index in [1.54, 1.807) is 12.1 Å². The number of benzene rings is 2. The number of carbonyl (C=O) groups excluding carboxylic acids is 1. The number of hydrogen-bond donors (Lipinski definition) is 1. The quantitative estimate of drug-likeness (QED) is 0.607. The molecule has 28 heavy (non-hydrogen) atoms. The summed E-state index contributed by atoms with van der Waals surface area (Å²) in [4.78, 5) is 12.9. The molecule has 1 amide bonds. The summed E-state index contributed by atoms with van der Waals surface area (Å²) in [5.41, 5.74) is 2.43. The van der Waals surface area contributed by atoms with Crippen molar-refractivity contribution in [2.45, 2.75) is 25.2 Å². The largest absolute Gasteiger partial charge is 0.451 e. The third-order valence-corrected chi connectivity index (χ3v) is 6.09. The van der Waals surface area contributed by atoms with Crippen LogP contribution in [0.3, 0.4) is 0 Å². The van der Waals surface area contributed by atoms with E-state index >= 15 is 0 Å². The van der Waals surface area contributed by atoms with Crippen LogP contribution in [0.15, 0.2) is 46.9 Å². The van der Waals surface area contributed by atoms with Crippen LogP contribution in [0.5, 0.6) is 0 Å². The number of fused-ring (bicyclic) bond motifs is 1. The highest BCUT2D eigenvalue weighted by Gasteiger charge is 2.35. The first kappa shape index (κ1) is 19.3. The minimum absolute atomic E-state index is 0.179. The van der Waals surface area contributed by atoms with Crippen LogP contribution in [0, 0.1) is 6.92 Å². The third-order valence-electron chi connectivity index (χ3n) is 5.60. The highest BCUT2D eigenvalue weighted by Crippen LogP contribution is 2.35. The van der Waals surface area contributed by atoms with Crippen LogP contribution in [0.25, 0.3) is 11.0 Å². The van der Waals surface area contributed by atoms with Crippen LogP contribution in [-0.2, 0) is 10.2 Å². The zero-order valence-corrected chi connectivity index (χ0v) is 17.1. The molecule has 4 nitrogen and oxygen atoms in total. The molecule has 146 valence electrons. The van der Waals surface area contributed by atoms with Crippen molar-refractivity contribution < 1.29 is 13.9 Å². The summed E-state index contributed by atoms with van der Waals surface area (Å²) in [5.74, 6) is 0.111. The number of amides is 1. The van der Waals surface area contributed by atoms with Crippen molar-refractivity contribution in [1.82, 2.24) is 5.32 Å². The van der Waals surface area contributed by atoms with Crippen LogP contribution in [0.1, 0.15) is 34.5 Å². The van der Waals surface area contributed by atoms with Gasteiger partial charge in [-0.1, -0.05) is 35.3 Å². The number of ether oxygens (including phenoxy) is 1. The molecule has 0 unspecified atom stereocenters. The lowest BCUT2D eigenvalue weighted by Crippen LogP contribution is -2.44. The first-order valence-corrected chi connectivity index (χ1v) is 10.0. The molecule has 3 aromatic rings. The molecule has 1 aliphatic rings. The topological polar surface area (TPSA) is 51.5 Å². The molecular weight excluding hydrogens is 397 g/mol. The maximum Gasteiger partial charge on any atom is 0.287 e. The Morgan fingerprint density at radius 1 is 1.07 bits per heavy atom. The number of furan rings is 1. The van der Waals surface area contributed by atoms with Crippen molar-refractivity contribution in [3.05, 3.63) is 69.4 Å². The van der Waals surface area contributed by atoms with E-state index in [1.807, 2.05) is 37.3 Å². The Bertz CT molecular complexity index is 1000. The first-order valence-electron chi connectivity index (χ1n) is 9.29. The van der Waals surface area contributed by atoms with Gasteiger partial charge in [0.1, 0.15) is 5.58 Å².